The number of benzene rings is 1. The van der Waals surface area contributed by atoms with Gasteiger partial charge in [0.25, 0.3) is 0 Å². The normalized spacial score (nSPS) is 11.2. The number of carbonyl (C=O) groups excluding carboxylic acids is 1. The molecule has 2 heterocycles. The van der Waals surface area contributed by atoms with E-state index >= 15 is 0 Å². The lowest BCUT2D eigenvalue weighted by molar-refractivity contribution is 0.0978. The van der Waals surface area contributed by atoms with Gasteiger partial charge in [0.1, 0.15) is 11.5 Å². The first-order chi connectivity index (χ1) is 12.0. The first kappa shape index (κ1) is 17.9. The Kier molecular flexibility index (Phi) is 5.71. The molecule has 3 rings (SSSR count). The molecule has 0 spiro atoms. The van der Waals surface area contributed by atoms with Gasteiger partial charge in [0.15, 0.2) is 15.8 Å². The number of ketones is 1. The summed E-state index contributed by atoms with van der Waals surface area (Å²) in [6, 6.07) is 6.29. The Bertz CT molecular complexity index is 839. The van der Waals surface area contributed by atoms with Crippen LogP contribution in [-0.4, -0.2) is 15.8 Å². The van der Waals surface area contributed by atoms with Crippen molar-refractivity contribution in [1.82, 2.24) is 9.97 Å². The zero-order valence-corrected chi connectivity index (χ0v) is 15.8. The molecule has 0 bridgehead atoms. The average molecular weight is 375 g/mol. The van der Waals surface area contributed by atoms with E-state index in [1.807, 2.05) is 5.38 Å². The molecule has 0 aliphatic carbocycles. The quantitative estimate of drug-likeness (QED) is 0.519. The van der Waals surface area contributed by atoms with Crippen LogP contribution in [0.3, 0.4) is 0 Å². The van der Waals surface area contributed by atoms with Crippen molar-refractivity contribution < 1.29 is 9.18 Å². The minimum Gasteiger partial charge on any atom is -0.292 e. The van der Waals surface area contributed by atoms with Gasteiger partial charge in [0.05, 0.1) is 0 Å². The number of nitrogens with zero attached hydrogens (tertiary/aromatic N) is 2. The van der Waals surface area contributed by atoms with Crippen molar-refractivity contribution in [2.24, 2.45) is 5.92 Å². The summed E-state index contributed by atoms with van der Waals surface area (Å²) in [6.07, 6.45) is 3.54. The van der Waals surface area contributed by atoms with E-state index in [1.54, 1.807) is 29.7 Å². The SMILES string of the molecule is CC(C)Cc1sc(-c2nccs2)nc1C(=O)CCc1ccc(F)cc1. The third-order valence-corrected chi connectivity index (χ3v) is 5.72. The van der Waals surface area contributed by atoms with Gasteiger partial charge in [-0.15, -0.1) is 22.7 Å². The lowest BCUT2D eigenvalue weighted by Crippen LogP contribution is -2.06. The first-order valence-electron chi connectivity index (χ1n) is 8.20. The summed E-state index contributed by atoms with van der Waals surface area (Å²) in [5, 5.41) is 3.58. The van der Waals surface area contributed by atoms with Crippen LogP contribution in [0.5, 0.6) is 0 Å². The van der Waals surface area contributed by atoms with E-state index in [-0.39, 0.29) is 11.6 Å². The molecule has 0 atom stereocenters. The van der Waals surface area contributed by atoms with Crippen LogP contribution >= 0.6 is 22.7 Å². The monoisotopic (exact) mass is 374 g/mol. The number of halogens is 1. The van der Waals surface area contributed by atoms with Crippen molar-refractivity contribution in [3.63, 3.8) is 0 Å². The molecule has 0 amide bonds. The molecular formula is C19H19FN2OS2. The van der Waals surface area contributed by atoms with Gasteiger partial charge in [-0.25, -0.2) is 14.4 Å². The van der Waals surface area contributed by atoms with Gasteiger partial charge in [-0.05, 0) is 36.5 Å². The van der Waals surface area contributed by atoms with E-state index in [0.717, 1.165) is 26.9 Å². The van der Waals surface area contributed by atoms with E-state index < -0.39 is 0 Å². The van der Waals surface area contributed by atoms with Crippen LogP contribution in [0, 0.1) is 11.7 Å². The molecule has 0 saturated heterocycles. The Morgan fingerprint density at radius 2 is 1.96 bits per heavy atom. The van der Waals surface area contributed by atoms with Crippen molar-refractivity contribution >= 4 is 28.5 Å². The maximum absolute atomic E-state index is 13.0. The fraction of sp³-hybridized carbons (Fsp3) is 0.316. The third kappa shape index (κ3) is 4.58. The van der Waals surface area contributed by atoms with Crippen LogP contribution in [0.15, 0.2) is 35.8 Å². The molecule has 2 aromatic heterocycles. The van der Waals surface area contributed by atoms with Crippen molar-refractivity contribution in [3.8, 4) is 10.0 Å². The number of aromatic nitrogens is 2. The molecule has 1 aromatic carbocycles. The molecule has 0 unspecified atom stereocenters. The van der Waals surface area contributed by atoms with E-state index in [1.165, 1.54) is 23.5 Å². The third-order valence-electron chi connectivity index (χ3n) is 3.72. The predicted octanol–water partition coefficient (Wildman–Crippen LogP) is 5.42. The Labute approximate surface area is 154 Å². The van der Waals surface area contributed by atoms with Crippen LogP contribution in [0.2, 0.25) is 0 Å². The summed E-state index contributed by atoms with van der Waals surface area (Å²) < 4.78 is 13.0. The van der Waals surface area contributed by atoms with Crippen molar-refractivity contribution in [3.05, 3.63) is 57.8 Å². The Balaban J connectivity index is 1.78. The van der Waals surface area contributed by atoms with Crippen molar-refractivity contribution in [2.45, 2.75) is 33.1 Å². The molecule has 3 aromatic rings. The highest BCUT2D eigenvalue weighted by Gasteiger charge is 2.20. The fourth-order valence-corrected chi connectivity index (χ4v) is 4.50. The fourth-order valence-electron chi connectivity index (χ4n) is 2.53. The topological polar surface area (TPSA) is 42.9 Å². The molecule has 0 saturated carbocycles. The molecule has 3 nitrogen and oxygen atoms in total. The molecule has 0 aliphatic heterocycles. The highest BCUT2D eigenvalue weighted by Crippen LogP contribution is 2.31. The van der Waals surface area contributed by atoms with Gasteiger partial charge in [0, 0.05) is 22.9 Å². The summed E-state index contributed by atoms with van der Waals surface area (Å²) in [7, 11) is 0. The summed E-state index contributed by atoms with van der Waals surface area (Å²) >= 11 is 3.09. The lowest BCUT2D eigenvalue weighted by atomic mass is 10.0. The van der Waals surface area contributed by atoms with Crippen molar-refractivity contribution in [1.29, 1.82) is 0 Å². The Morgan fingerprint density at radius 3 is 2.60 bits per heavy atom. The van der Waals surface area contributed by atoms with E-state index in [4.69, 9.17) is 0 Å². The number of thiazole rings is 2. The molecule has 0 N–H and O–H groups in total. The zero-order valence-electron chi connectivity index (χ0n) is 14.2. The number of Topliss-reactive ketones (excluding diaryl/α,β-unsaturated/α-hetero) is 1. The average Bonchev–Trinajstić information content (AvgIpc) is 3.23. The zero-order chi connectivity index (χ0) is 17.8. The molecule has 0 fully saturated rings. The van der Waals surface area contributed by atoms with Gasteiger partial charge < -0.3 is 0 Å². The standard InChI is InChI=1S/C19H19FN2OS2/c1-12(2)11-16-17(22-19(25-16)18-21-9-10-24-18)15(23)8-5-13-3-6-14(20)7-4-13/h3-4,6-7,9-10,12H,5,8,11H2,1-2H3. The minimum absolute atomic E-state index is 0.0408. The first-order valence-corrected chi connectivity index (χ1v) is 9.89. The molecule has 0 aliphatic rings. The summed E-state index contributed by atoms with van der Waals surface area (Å²) in [5.41, 5.74) is 1.53. The maximum Gasteiger partial charge on any atom is 0.182 e. The van der Waals surface area contributed by atoms with E-state index in [2.05, 4.69) is 23.8 Å². The van der Waals surface area contributed by atoms with Gasteiger partial charge in [-0.2, -0.15) is 0 Å². The van der Waals surface area contributed by atoms with Crippen LogP contribution in [-0.2, 0) is 12.8 Å². The molecule has 25 heavy (non-hydrogen) atoms. The van der Waals surface area contributed by atoms with Gasteiger partial charge in [-0.3, -0.25) is 4.79 Å². The van der Waals surface area contributed by atoms with Crippen LogP contribution < -0.4 is 0 Å². The number of rotatable bonds is 7. The van der Waals surface area contributed by atoms with Gasteiger partial charge in [-0.1, -0.05) is 26.0 Å². The summed E-state index contributed by atoms with van der Waals surface area (Å²) in [4.78, 5) is 22.6. The molecule has 6 heteroatoms. The Morgan fingerprint density at radius 1 is 1.20 bits per heavy atom. The smallest absolute Gasteiger partial charge is 0.182 e. The lowest BCUT2D eigenvalue weighted by Gasteiger charge is -2.05. The number of carbonyl (C=O) groups is 1. The minimum atomic E-state index is -0.262. The Hall–Kier alpha value is -1.92. The maximum atomic E-state index is 13.0. The molecule has 130 valence electrons. The van der Waals surface area contributed by atoms with Crippen LogP contribution in [0.25, 0.3) is 10.0 Å². The van der Waals surface area contributed by atoms with Gasteiger partial charge >= 0.3 is 0 Å². The van der Waals surface area contributed by atoms with Crippen LogP contribution in [0.1, 0.15) is 41.2 Å². The molecular weight excluding hydrogens is 355 g/mol. The van der Waals surface area contributed by atoms with E-state index in [0.29, 0.717) is 24.5 Å². The number of aryl methyl sites for hydroxylation is 1. The van der Waals surface area contributed by atoms with E-state index in [9.17, 15) is 9.18 Å². The highest BCUT2D eigenvalue weighted by atomic mass is 32.1. The number of hydrogen-bond donors (Lipinski definition) is 0. The van der Waals surface area contributed by atoms with Crippen molar-refractivity contribution in [2.75, 3.05) is 0 Å². The largest absolute Gasteiger partial charge is 0.292 e. The second kappa shape index (κ2) is 7.97. The summed E-state index contributed by atoms with van der Waals surface area (Å²) in [5.74, 6) is 0.231. The second-order valence-electron chi connectivity index (χ2n) is 6.28. The summed E-state index contributed by atoms with van der Waals surface area (Å²) in [6.45, 7) is 4.27. The van der Waals surface area contributed by atoms with Crippen LogP contribution in [0.4, 0.5) is 4.39 Å². The predicted molar refractivity (Wildman–Crippen MR) is 101 cm³/mol. The highest BCUT2D eigenvalue weighted by molar-refractivity contribution is 7.20. The number of hydrogen-bond acceptors (Lipinski definition) is 5. The second-order valence-corrected chi connectivity index (χ2v) is 8.25. The van der Waals surface area contributed by atoms with Gasteiger partial charge in [0.2, 0.25) is 0 Å². The molecule has 0 radical (unpaired) electrons.